The van der Waals surface area contributed by atoms with Gasteiger partial charge in [-0.25, -0.2) is 4.98 Å². The molecule has 0 radical (unpaired) electrons. The van der Waals surface area contributed by atoms with Gasteiger partial charge in [-0.05, 0) is 19.9 Å². The maximum absolute atomic E-state index is 10.3. The molecule has 0 saturated carbocycles. The van der Waals surface area contributed by atoms with E-state index in [-0.39, 0.29) is 12.5 Å². The third-order valence-electron chi connectivity index (χ3n) is 3.47. The van der Waals surface area contributed by atoms with Crippen molar-refractivity contribution in [3.8, 4) is 39.8 Å². The molecule has 0 saturated heterocycles. The molecule has 1 aromatic carbocycles. The lowest BCUT2D eigenvalue weighted by molar-refractivity contribution is 0.174. The van der Waals surface area contributed by atoms with E-state index >= 15 is 0 Å². The summed E-state index contributed by atoms with van der Waals surface area (Å²) in [6.07, 6.45) is 0. The van der Waals surface area contributed by atoms with Crippen molar-refractivity contribution >= 4 is 11.3 Å². The first-order chi connectivity index (χ1) is 10.6. The van der Waals surface area contributed by atoms with Crippen LogP contribution in [0.15, 0.2) is 22.0 Å². The van der Waals surface area contributed by atoms with Crippen LogP contribution in [0.4, 0.5) is 0 Å². The van der Waals surface area contributed by atoms with Crippen molar-refractivity contribution in [2.75, 3.05) is 6.79 Å². The molecule has 0 spiro atoms. The summed E-state index contributed by atoms with van der Waals surface area (Å²) < 4.78 is 16.1. The average molecular weight is 316 g/mol. The van der Waals surface area contributed by atoms with E-state index in [4.69, 9.17) is 14.0 Å². The molecule has 1 aliphatic rings. The number of thiazole rings is 1. The summed E-state index contributed by atoms with van der Waals surface area (Å²) in [5, 5.41) is 17.2. The number of ether oxygens (including phenoxy) is 2. The van der Waals surface area contributed by atoms with Gasteiger partial charge in [0.05, 0.1) is 27.5 Å². The highest BCUT2D eigenvalue weighted by molar-refractivity contribution is 7.09. The van der Waals surface area contributed by atoms with Crippen LogP contribution in [-0.2, 0) is 0 Å². The van der Waals surface area contributed by atoms with Gasteiger partial charge in [-0.1, -0.05) is 5.16 Å². The van der Waals surface area contributed by atoms with Crippen LogP contribution in [-0.4, -0.2) is 22.0 Å². The molecule has 0 unspecified atom stereocenters. The molecule has 1 aliphatic heterocycles. The zero-order chi connectivity index (χ0) is 15.3. The Morgan fingerprint density at radius 2 is 1.95 bits per heavy atom. The third-order valence-corrected chi connectivity index (χ3v) is 4.25. The Labute approximate surface area is 129 Å². The molecule has 0 atom stereocenters. The fourth-order valence-corrected chi connectivity index (χ4v) is 3.05. The number of fused-ring (bicyclic) bond motifs is 1. The molecule has 0 amide bonds. The van der Waals surface area contributed by atoms with Gasteiger partial charge in [0.25, 0.3) is 0 Å². The van der Waals surface area contributed by atoms with Crippen LogP contribution < -0.4 is 9.47 Å². The summed E-state index contributed by atoms with van der Waals surface area (Å²) in [6, 6.07) is 3.21. The minimum atomic E-state index is 0.0496. The Morgan fingerprint density at radius 3 is 2.68 bits per heavy atom. The summed E-state index contributed by atoms with van der Waals surface area (Å²) in [5.74, 6) is 1.61. The zero-order valence-corrected chi connectivity index (χ0v) is 12.7. The highest BCUT2D eigenvalue weighted by Gasteiger charge is 2.25. The van der Waals surface area contributed by atoms with Gasteiger partial charge < -0.3 is 19.1 Å². The first-order valence-electron chi connectivity index (χ1n) is 6.65. The number of hydrogen-bond donors (Lipinski definition) is 1. The van der Waals surface area contributed by atoms with Gasteiger partial charge in [0.2, 0.25) is 6.79 Å². The molecule has 4 rings (SSSR count). The van der Waals surface area contributed by atoms with Gasteiger partial charge in [-0.15, -0.1) is 11.3 Å². The van der Waals surface area contributed by atoms with E-state index in [9.17, 15) is 5.11 Å². The molecule has 3 heterocycles. The van der Waals surface area contributed by atoms with Crippen molar-refractivity contribution in [2.45, 2.75) is 13.8 Å². The van der Waals surface area contributed by atoms with E-state index in [1.54, 1.807) is 17.4 Å². The minimum absolute atomic E-state index is 0.0496. The Bertz CT molecular complexity index is 869. The van der Waals surface area contributed by atoms with Crippen molar-refractivity contribution in [2.24, 2.45) is 0 Å². The van der Waals surface area contributed by atoms with Gasteiger partial charge in [0, 0.05) is 11.4 Å². The van der Waals surface area contributed by atoms with E-state index in [0.29, 0.717) is 22.8 Å². The second-order valence-electron chi connectivity index (χ2n) is 4.95. The van der Waals surface area contributed by atoms with E-state index < -0.39 is 0 Å². The molecule has 22 heavy (non-hydrogen) atoms. The number of hydrogen-bond acceptors (Lipinski definition) is 7. The minimum Gasteiger partial charge on any atom is -0.507 e. The Kier molecular flexibility index (Phi) is 2.83. The molecular weight excluding hydrogens is 304 g/mol. The van der Waals surface area contributed by atoms with Crippen LogP contribution in [0, 0.1) is 13.8 Å². The number of benzene rings is 1. The number of aromatic hydroxyl groups is 1. The van der Waals surface area contributed by atoms with Crippen LogP contribution in [0.25, 0.3) is 22.6 Å². The van der Waals surface area contributed by atoms with Crippen LogP contribution >= 0.6 is 11.3 Å². The SMILES string of the molecule is Cc1nc(-c2c(C)noc2-c2cc3c(cc2O)OCO3)cs1. The number of rotatable bonds is 2. The fourth-order valence-electron chi connectivity index (χ4n) is 2.45. The molecule has 2 aromatic heterocycles. The highest BCUT2D eigenvalue weighted by Crippen LogP contribution is 2.45. The summed E-state index contributed by atoms with van der Waals surface area (Å²) >= 11 is 1.55. The number of aryl methyl sites for hydroxylation is 2. The number of phenols is 1. The quantitative estimate of drug-likeness (QED) is 0.779. The number of aromatic nitrogens is 2. The topological polar surface area (TPSA) is 77.6 Å². The summed E-state index contributed by atoms with van der Waals surface area (Å²) in [5.41, 5.74) is 2.79. The summed E-state index contributed by atoms with van der Waals surface area (Å²) in [4.78, 5) is 4.48. The van der Waals surface area contributed by atoms with Gasteiger partial charge in [0.15, 0.2) is 17.3 Å². The van der Waals surface area contributed by atoms with E-state index in [1.807, 2.05) is 19.2 Å². The molecule has 112 valence electrons. The second kappa shape index (κ2) is 4.74. The van der Waals surface area contributed by atoms with Gasteiger partial charge in [0.1, 0.15) is 5.75 Å². The Morgan fingerprint density at radius 1 is 1.18 bits per heavy atom. The van der Waals surface area contributed by atoms with Crippen molar-refractivity contribution < 1.29 is 19.1 Å². The largest absolute Gasteiger partial charge is 0.507 e. The number of nitrogens with zero attached hydrogens (tertiary/aromatic N) is 2. The van der Waals surface area contributed by atoms with Crippen LogP contribution in [0.5, 0.6) is 17.2 Å². The lowest BCUT2D eigenvalue weighted by atomic mass is 10.0. The van der Waals surface area contributed by atoms with Crippen molar-refractivity contribution in [3.05, 3.63) is 28.2 Å². The van der Waals surface area contributed by atoms with E-state index in [2.05, 4.69) is 10.1 Å². The second-order valence-corrected chi connectivity index (χ2v) is 6.01. The normalized spacial score (nSPS) is 12.8. The molecule has 0 bridgehead atoms. The summed E-state index contributed by atoms with van der Waals surface area (Å²) in [7, 11) is 0. The first-order valence-corrected chi connectivity index (χ1v) is 7.53. The Balaban J connectivity index is 1.91. The average Bonchev–Trinajstić information content (AvgIpc) is 3.17. The lowest BCUT2D eigenvalue weighted by Gasteiger charge is -2.05. The monoisotopic (exact) mass is 316 g/mol. The fraction of sp³-hybridized carbons (Fsp3) is 0.200. The van der Waals surface area contributed by atoms with Gasteiger partial charge in [-0.2, -0.15) is 0 Å². The standard InChI is InChI=1S/C15H12N2O4S/c1-7-14(10-5-22-8(2)16-10)15(21-17-7)9-3-12-13(4-11(9)18)20-6-19-12/h3-5,18H,6H2,1-2H3. The molecule has 3 aromatic rings. The van der Waals surface area contributed by atoms with Crippen molar-refractivity contribution in [1.29, 1.82) is 0 Å². The third kappa shape index (κ3) is 1.93. The predicted molar refractivity (Wildman–Crippen MR) is 80.3 cm³/mol. The molecular formula is C15H12N2O4S. The van der Waals surface area contributed by atoms with Crippen molar-refractivity contribution in [3.63, 3.8) is 0 Å². The molecule has 1 N–H and O–H groups in total. The van der Waals surface area contributed by atoms with E-state index in [0.717, 1.165) is 22.0 Å². The molecule has 7 heteroatoms. The maximum Gasteiger partial charge on any atom is 0.231 e. The maximum atomic E-state index is 10.3. The van der Waals surface area contributed by atoms with Crippen LogP contribution in [0.3, 0.4) is 0 Å². The first kappa shape index (κ1) is 13.1. The summed E-state index contributed by atoms with van der Waals surface area (Å²) in [6.45, 7) is 3.93. The lowest BCUT2D eigenvalue weighted by Crippen LogP contribution is -1.92. The van der Waals surface area contributed by atoms with Crippen LogP contribution in [0.2, 0.25) is 0 Å². The smallest absolute Gasteiger partial charge is 0.231 e. The molecule has 6 nitrogen and oxygen atoms in total. The molecule has 0 aliphatic carbocycles. The van der Waals surface area contributed by atoms with Gasteiger partial charge >= 0.3 is 0 Å². The van der Waals surface area contributed by atoms with E-state index in [1.165, 1.54) is 6.07 Å². The number of phenolic OH excluding ortho intramolecular Hbond substituents is 1. The highest BCUT2D eigenvalue weighted by atomic mass is 32.1. The predicted octanol–water partition coefficient (Wildman–Crippen LogP) is 3.52. The Hall–Kier alpha value is -2.54. The zero-order valence-electron chi connectivity index (χ0n) is 11.9. The van der Waals surface area contributed by atoms with Gasteiger partial charge in [-0.3, -0.25) is 0 Å². The van der Waals surface area contributed by atoms with Crippen molar-refractivity contribution in [1.82, 2.24) is 10.1 Å². The van der Waals surface area contributed by atoms with Crippen LogP contribution in [0.1, 0.15) is 10.7 Å². The molecule has 0 fully saturated rings.